The van der Waals surface area contributed by atoms with E-state index in [0.717, 1.165) is 31.7 Å². The number of hydrogen-bond donors (Lipinski definition) is 1. The van der Waals surface area contributed by atoms with Crippen molar-refractivity contribution >= 4 is 43.5 Å². The standard InChI is InChI=1S/C17H12Br2N4/c18-13-6-4-11(5-7-13)16-9-15(12-2-1-3-14(19)8-12)22-17-20-10-21-23(16)17/h1-10,16H,(H,20,21,22)/t16-/m1/s1. The van der Waals surface area contributed by atoms with E-state index in [4.69, 9.17) is 0 Å². The van der Waals surface area contributed by atoms with Crippen molar-refractivity contribution in [3.05, 3.63) is 81.0 Å². The second kappa shape index (κ2) is 5.94. The molecule has 2 aromatic carbocycles. The van der Waals surface area contributed by atoms with Crippen molar-refractivity contribution in [2.45, 2.75) is 6.04 Å². The van der Waals surface area contributed by atoms with Crippen molar-refractivity contribution in [2.24, 2.45) is 0 Å². The molecule has 0 radical (unpaired) electrons. The number of hydrogen-bond acceptors (Lipinski definition) is 3. The summed E-state index contributed by atoms with van der Waals surface area (Å²) in [6.45, 7) is 0. The average Bonchev–Trinajstić information content (AvgIpc) is 3.03. The summed E-state index contributed by atoms with van der Waals surface area (Å²) in [7, 11) is 0. The molecule has 0 unspecified atom stereocenters. The van der Waals surface area contributed by atoms with Gasteiger partial charge >= 0.3 is 0 Å². The normalized spacial score (nSPS) is 16.4. The fourth-order valence-corrected chi connectivity index (χ4v) is 3.32. The fourth-order valence-electron chi connectivity index (χ4n) is 2.66. The zero-order valence-electron chi connectivity index (χ0n) is 11.9. The van der Waals surface area contributed by atoms with Gasteiger partial charge in [0.2, 0.25) is 5.95 Å². The molecular weight excluding hydrogens is 420 g/mol. The molecule has 23 heavy (non-hydrogen) atoms. The van der Waals surface area contributed by atoms with Crippen LogP contribution in [0.15, 0.2) is 69.9 Å². The second-order valence-electron chi connectivity index (χ2n) is 5.24. The van der Waals surface area contributed by atoms with E-state index in [1.54, 1.807) is 6.33 Å². The molecule has 1 aliphatic rings. The summed E-state index contributed by atoms with van der Waals surface area (Å²) < 4.78 is 4.00. The molecule has 0 saturated heterocycles. The molecule has 1 aliphatic heterocycles. The Morgan fingerprint density at radius 2 is 1.83 bits per heavy atom. The first kappa shape index (κ1) is 14.7. The van der Waals surface area contributed by atoms with Crippen LogP contribution >= 0.6 is 31.9 Å². The molecule has 1 N–H and O–H groups in total. The molecule has 4 rings (SSSR count). The van der Waals surface area contributed by atoms with Crippen LogP contribution in [-0.2, 0) is 0 Å². The zero-order chi connectivity index (χ0) is 15.8. The van der Waals surface area contributed by atoms with Crippen LogP contribution in [0.1, 0.15) is 17.2 Å². The first-order valence-electron chi connectivity index (χ1n) is 7.10. The van der Waals surface area contributed by atoms with E-state index in [2.05, 4.69) is 77.6 Å². The molecule has 6 heteroatoms. The largest absolute Gasteiger partial charge is 0.324 e. The minimum absolute atomic E-state index is 0.0100. The number of fused-ring (bicyclic) bond motifs is 1. The second-order valence-corrected chi connectivity index (χ2v) is 7.07. The summed E-state index contributed by atoms with van der Waals surface area (Å²) in [5, 5.41) is 7.71. The van der Waals surface area contributed by atoms with Gasteiger partial charge in [-0.05, 0) is 41.5 Å². The Labute approximate surface area is 150 Å². The highest BCUT2D eigenvalue weighted by atomic mass is 79.9. The minimum Gasteiger partial charge on any atom is -0.324 e. The number of aromatic nitrogens is 3. The van der Waals surface area contributed by atoms with Gasteiger partial charge in [0.25, 0.3) is 0 Å². The van der Waals surface area contributed by atoms with Crippen molar-refractivity contribution in [3.63, 3.8) is 0 Å². The quantitative estimate of drug-likeness (QED) is 0.630. The SMILES string of the molecule is Brc1ccc([C@H]2C=C(c3cccc(Br)c3)Nc3ncnn32)cc1. The number of anilines is 1. The van der Waals surface area contributed by atoms with E-state index in [1.165, 1.54) is 0 Å². The first-order chi connectivity index (χ1) is 11.2. The summed E-state index contributed by atoms with van der Waals surface area (Å²) in [4.78, 5) is 4.33. The molecule has 0 bridgehead atoms. The third-order valence-corrected chi connectivity index (χ3v) is 4.78. The number of halogens is 2. The summed E-state index contributed by atoms with van der Waals surface area (Å²) in [6, 6.07) is 16.5. The van der Waals surface area contributed by atoms with Crippen molar-refractivity contribution < 1.29 is 0 Å². The molecule has 0 spiro atoms. The minimum atomic E-state index is 0.0100. The van der Waals surface area contributed by atoms with Crippen LogP contribution in [0.25, 0.3) is 5.70 Å². The predicted octanol–water partition coefficient (Wildman–Crippen LogP) is 4.86. The topological polar surface area (TPSA) is 42.7 Å². The smallest absolute Gasteiger partial charge is 0.226 e. The number of nitrogens with one attached hydrogen (secondary N) is 1. The van der Waals surface area contributed by atoms with Gasteiger partial charge in [-0.3, -0.25) is 0 Å². The Morgan fingerprint density at radius 1 is 1.00 bits per heavy atom. The Bertz CT molecular complexity index is 884. The van der Waals surface area contributed by atoms with E-state index in [1.807, 2.05) is 28.9 Å². The lowest BCUT2D eigenvalue weighted by molar-refractivity contribution is 0.612. The number of rotatable bonds is 2. The number of allylic oxidation sites excluding steroid dienone is 1. The van der Waals surface area contributed by atoms with E-state index in [9.17, 15) is 0 Å². The Kier molecular flexibility index (Phi) is 3.79. The maximum absolute atomic E-state index is 4.36. The summed E-state index contributed by atoms with van der Waals surface area (Å²) in [6.07, 6.45) is 3.75. The van der Waals surface area contributed by atoms with Crippen LogP contribution in [0.5, 0.6) is 0 Å². The number of nitrogens with zero attached hydrogens (tertiary/aromatic N) is 3. The van der Waals surface area contributed by atoms with E-state index >= 15 is 0 Å². The van der Waals surface area contributed by atoms with Gasteiger partial charge in [0.1, 0.15) is 12.4 Å². The van der Waals surface area contributed by atoms with Gasteiger partial charge in [0, 0.05) is 14.6 Å². The number of benzene rings is 2. The van der Waals surface area contributed by atoms with Crippen LogP contribution in [0.3, 0.4) is 0 Å². The maximum atomic E-state index is 4.36. The summed E-state index contributed by atoms with van der Waals surface area (Å²) in [5.74, 6) is 0.746. The van der Waals surface area contributed by atoms with Crippen molar-refractivity contribution in [1.82, 2.24) is 14.8 Å². The fraction of sp³-hybridized carbons (Fsp3) is 0.0588. The highest BCUT2D eigenvalue weighted by Crippen LogP contribution is 2.32. The molecule has 1 aromatic heterocycles. The van der Waals surface area contributed by atoms with Gasteiger partial charge in [-0.1, -0.05) is 56.1 Å². The molecule has 3 aromatic rings. The predicted molar refractivity (Wildman–Crippen MR) is 98.0 cm³/mol. The van der Waals surface area contributed by atoms with E-state index in [-0.39, 0.29) is 6.04 Å². The van der Waals surface area contributed by atoms with E-state index < -0.39 is 0 Å². The van der Waals surface area contributed by atoms with Crippen LogP contribution in [0.4, 0.5) is 5.95 Å². The van der Waals surface area contributed by atoms with Crippen LogP contribution < -0.4 is 5.32 Å². The lowest BCUT2D eigenvalue weighted by Crippen LogP contribution is -2.20. The van der Waals surface area contributed by atoms with Crippen molar-refractivity contribution in [2.75, 3.05) is 5.32 Å². The summed E-state index contributed by atoms with van der Waals surface area (Å²) >= 11 is 7.01. The molecule has 0 aliphatic carbocycles. The molecule has 114 valence electrons. The lowest BCUT2D eigenvalue weighted by atomic mass is 10.0. The average molecular weight is 432 g/mol. The van der Waals surface area contributed by atoms with Gasteiger partial charge < -0.3 is 5.32 Å². The van der Waals surface area contributed by atoms with Crippen molar-refractivity contribution in [1.29, 1.82) is 0 Å². The first-order valence-corrected chi connectivity index (χ1v) is 8.69. The van der Waals surface area contributed by atoms with Gasteiger partial charge in [0.05, 0.1) is 0 Å². The van der Waals surface area contributed by atoms with Gasteiger partial charge in [-0.15, -0.1) is 0 Å². The third kappa shape index (κ3) is 2.84. The van der Waals surface area contributed by atoms with Gasteiger partial charge in [0.15, 0.2) is 0 Å². The third-order valence-electron chi connectivity index (χ3n) is 3.75. The molecular formula is C17H12Br2N4. The lowest BCUT2D eigenvalue weighted by Gasteiger charge is -2.24. The van der Waals surface area contributed by atoms with Gasteiger partial charge in [-0.2, -0.15) is 10.1 Å². The molecule has 0 amide bonds. The maximum Gasteiger partial charge on any atom is 0.226 e. The molecule has 4 nitrogen and oxygen atoms in total. The van der Waals surface area contributed by atoms with Crippen LogP contribution in [0, 0.1) is 0 Å². The van der Waals surface area contributed by atoms with Gasteiger partial charge in [-0.25, -0.2) is 4.68 Å². The molecule has 2 heterocycles. The van der Waals surface area contributed by atoms with Crippen molar-refractivity contribution in [3.8, 4) is 0 Å². The Balaban J connectivity index is 1.81. The van der Waals surface area contributed by atoms with Crippen LogP contribution in [0.2, 0.25) is 0 Å². The molecule has 0 fully saturated rings. The Hall–Kier alpha value is -1.92. The van der Waals surface area contributed by atoms with E-state index in [0.29, 0.717) is 0 Å². The Morgan fingerprint density at radius 3 is 2.61 bits per heavy atom. The molecule has 0 saturated carbocycles. The highest BCUT2D eigenvalue weighted by Gasteiger charge is 2.23. The van der Waals surface area contributed by atoms with Crippen LogP contribution in [-0.4, -0.2) is 14.8 Å². The molecule has 1 atom stereocenters. The highest BCUT2D eigenvalue weighted by molar-refractivity contribution is 9.10. The monoisotopic (exact) mass is 430 g/mol. The zero-order valence-corrected chi connectivity index (χ0v) is 15.1. The summed E-state index contributed by atoms with van der Waals surface area (Å²) in [5.41, 5.74) is 3.30.